The van der Waals surface area contributed by atoms with E-state index in [1.807, 2.05) is 66.0 Å². The number of hydrogen-bond acceptors (Lipinski definition) is 7. The third kappa shape index (κ3) is 7.39. The van der Waals surface area contributed by atoms with Crippen LogP contribution >= 0.6 is 27.3 Å². The lowest BCUT2D eigenvalue weighted by Crippen LogP contribution is -2.17. The van der Waals surface area contributed by atoms with E-state index < -0.39 is 0 Å². The molecule has 0 aliphatic rings. The Hall–Kier alpha value is -4.47. The number of carbonyl (C=O) groups is 1. The van der Waals surface area contributed by atoms with Gasteiger partial charge in [-0.2, -0.15) is 5.10 Å². The van der Waals surface area contributed by atoms with E-state index in [-0.39, 0.29) is 5.91 Å². The van der Waals surface area contributed by atoms with E-state index in [0.29, 0.717) is 23.7 Å². The fourth-order valence-electron chi connectivity index (χ4n) is 3.90. The van der Waals surface area contributed by atoms with Crippen LogP contribution in [-0.2, 0) is 6.61 Å². The number of aromatic nitrogens is 1. The number of halogens is 1. The van der Waals surface area contributed by atoms with Crippen LogP contribution < -0.4 is 20.2 Å². The zero-order valence-electron chi connectivity index (χ0n) is 22.4. The van der Waals surface area contributed by atoms with Crippen molar-refractivity contribution in [3.05, 3.63) is 123 Å². The number of ether oxygens (including phenoxy) is 2. The van der Waals surface area contributed by atoms with Gasteiger partial charge in [0.25, 0.3) is 5.91 Å². The number of aryl methyl sites for hydroxylation is 1. The van der Waals surface area contributed by atoms with E-state index in [4.69, 9.17) is 9.47 Å². The zero-order chi connectivity index (χ0) is 28.6. The van der Waals surface area contributed by atoms with Crippen LogP contribution in [0.4, 0.5) is 10.8 Å². The number of nitrogens with zero attached hydrogens (tertiary/aromatic N) is 2. The molecular formula is C32H27BrN4O3S. The highest BCUT2D eigenvalue weighted by Crippen LogP contribution is 2.33. The van der Waals surface area contributed by atoms with E-state index in [1.165, 1.54) is 16.9 Å². The number of nitrogens with one attached hydrogen (secondary N) is 2. The molecule has 0 saturated heterocycles. The number of benzene rings is 4. The maximum Gasteiger partial charge on any atom is 0.271 e. The Morgan fingerprint density at radius 1 is 1.00 bits per heavy atom. The lowest BCUT2D eigenvalue weighted by molar-refractivity contribution is 0.0955. The molecule has 0 radical (unpaired) electrons. The zero-order valence-corrected chi connectivity index (χ0v) is 24.8. The summed E-state index contributed by atoms with van der Waals surface area (Å²) in [5.74, 6) is 0.841. The Balaban J connectivity index is 1.19. The lowest BCUT2D eigenvalue weighted by atomic mass is 10.1. The van der Waals surface area contributed by atoms with E-state index in [9.17, 15) is 4.79 Å². The van der Waals surface area contributed by atoms with Crippen molar-refractivity contribution in [2.45, 2.75) is 13.5 Å². The Kier molecular flexibility index (Phi) is 9.08. The van der Waals surface area contributed by atoms with Crippen LogP contribution in [0, 0.1) is 6.92 Å². The fourth-order valence-corrected chi connectivity index (χ4v) is 5.06. The smallest absolute Gasteiger partial charge is 0.271 e. The first-order chi connectivity index (χ1) is 20.0. The second-order valence-electron chi connectivity index (χ2n) is 9.10. The number of hydrazone groups is 1. The van der Waals surface area contributed by atoms with Gasteiger partial charge in [0.2, 0.25) is 0 Å². The number of hydrogen-bond donors (Lipinski definition) is 2. The summed E-state index contributed by atoms with van der Waals surface area (Å²) in [6.07, 6.45) is 1.55. The summed E-state index contributed by atoms with van der Waals surface area (Å²) < 4.78 is 12.2. The minimum Gasteiger partial charge on any atom is -0.493 e. The molecule has 0 atom stereocenters. The number of rotatable bonds is 10. The van der Waals surface area contributed by atoms with Crippen LogP contribution in [0.15, 0.2) is 106 Å². The molecule has 0 fully saturated rings. The summed E-state index contributed by atoms with van der Waals surface area (Å²) in [4.78, 5) is 17.4. The molecule has 41 heavy (non-hydrogen) atoms. The summed E-state index contributed by atoms with van der Waals surface area (Å²) in [6, 6.07) is 28.9. The first kappa shape index (κ1) is 28.1. The summed E-state index contributed by atoms with van der Waals surface area (Å²) in [5.41, 5.74) is 8.80. The normalized spacial score (nSPS) is 10.9. The minimum atomic E-state index is -0.321. The summed E-state index contributed by atoms with van der Waals surface area (Å²) >= 11 is 5.08. The first-order valence-corrected chi connectivity index (χ1v) is 14.4. The number of amides is 1. The predicted molar refractivity (Wildman–Crippen MR) is 169 cm³/mol. The van der Waals surface area contributed by atoms with Crippen molar-refractivity contribution in [2.24, 2.45) is 5.10 Å². The van der Waals surface area contributed by atoms with E-state index in [0.717, 1.165) is 37.7 Å². The standard InChI is InChI=1S/C32H27BrN4O3S/c1-21-8-14-26(15-9-21)35-32-36-28(20-41-32)23-10-12-24(13-11-23)31(38)37-34-18-25-16-29(39-2)30(17-27(25)33)40-19-22-6-4-3-5-7-22/h3-18,20H,19H2,1-2H3,(H,35,36)(H,37,38)/b34-18-. The number of anilines is 2. The summed E-state index contributed by atoms with van der Waals surface area (Å²) in [6.45, 7) is 2.47. The molecule has 0 aliphatic heterocycles. The monoisotopic (exact) mass is 626 g/mol. The van der Waals surface area contributed by atoms with Gasteiger partial charge in [0.15, 0.2) is 16.6 Å². The predicted octanol–water partition coefficient (Wildman–Crippen LogP) is 7.98. The molecule has 0 spiro atoms. The van der Waals surface area contributed by atoms with Crippen molar-refractivity contribution in [3.63, 3.8) is 0 Å². The van der Waals surface area contributed by atoms with Gasteiger partial charge in [-0.3, -0.25) is 4.79 Å². The topological polar surface area (TPSA) is 84.8 Å². The van der Waals surface area contributed by atoms with Crippen molar-refractivity contribution in [1.82, 2.24) is 10.4 Å². The van der Waals surface area contributed by atoms with Gasteiger partial charge >= 0.3 is 0 Å². The van der Waals surface area contributed by atoms with Gasteiger partial charge in [0.05, 0.1) is 19.0 Å². The van der Waals surface area contributed by atoms with Crippen molar-refractivity contribution in [1.29, 1.82) is 0 Å². The van der Waals surface area contributed by atoms with E-state index in [2.05, 4.69) is 55.8 Å². The van der Waals surface area contributed by atoms with Crippen LogP contribution in [0.5, 0.6) is 11.5 Å². The largest absolute Gasteiger partial charge is 0.493 e. The van der Waals surface area contributed by atoms with Crippen molar-refractivity contribution < 1.29 is 14.3 Å². The number of thiazole rings is 1. The van der Waals surface area contributed by atoms with E-state index in [1.54, 1.807) is 31.5 Å². The molecular weight excluding hydrogens is 600 g/mol. The molecule has 1 amide bonds. The average Bonchev–Trinajstić information content (AvgIpc) is 3.47. The van der Waals surface area contributed by atoms with Gasteiger partial charge in [0.1, 0.15) is 6.61 Å². The second kappa shape index (κ2) is 13.3. The maximum absolute atomic E-state index is 12.7. The number of carbonyl (C=O) groups excluding carboxylic acids is 1. The third-order valence-corrected chi connectivity index (χ3v) is 7.58. The molecule has 1 aromatic heterocycles. The summed E-state index contributed by atoms with van der Waals surface area (Å²) in [5, 5.41) is 10.3. The molecule has 206 valence electrons. The minimum absolute atomic E-state index is 0.321. The molecule has 0 bridgehead atoms. The summed E-state index contributed by atoms with van der Waals surface area (Å²) in [7, 11) is 1.58. The molecule has 0 saturated carbocycles. The highest BCUT2D eigenvalue weighted by molar-refractivity contribution is 9.10. The molecule has 5 rings (SSSR count). The Bertz CT molecular complexity index is 1650. The first-order valence-electron chi connectivity index (χ1n) is 12.8. The highest BCUT2D eigenvalue weighted by atomic mass is 79.9. The van der Waals surface area contributed by atoms with Gasteiger partial charge in [-0.05, 0) is 64.8 Å². The highest BCUT2D eigenvalue weighted by Gasteiger charge is 2.11. The maximum atomic E-state index is 12.7. The molecule has 2 N–H and O–H groups in total. The van der Waals surface area contributed by atoms with Crippen LogP contribution in [-0.4, -0.2) is 24.2 Å². The molecule has 4 aromatic carbocycles. The van der Waals surface area contributed by atoms with Crippen LogP contribution in [0.25, 0.3) is 11.3 Å². The van der Waals surface area contributed by atoms with Gasteiger partial charge in [-0.15, -0.1) is 11.3 Å². The molecule has 0 unspecified atom stereocenters. The third-order valence-electron chi connectivity index (χ3n) is 6.14. The van der Waals surface area contributed by atoms with Crippen LogP contribution in [0.3, 0.4) is 0 Å². The van der Waals surface area contributed by atoms with Crippen molar-refractivity contribution in [3.8, 4) is 22.8 Å². The van der Waals surface area contributed by atoms with Crippen molar-refractivity contribution >= 4 is 50.2 Å². The van der Waals surface area contributed by atoms with Crippen molar-refractivity contribution in [2.75, 3.05) is 12.4 Å². The number of methoxy groups -OCH3 is 1. The average molecular weight is 628 g/mol. The Morgan fingerprint density at radius 2 is 1.76 bits per heavy atom. The van der Waals surface area contributed by atoms with Crippen LogP contribution in [0.1, 0.15) is 27.0 Å². The SMILES string of the molecule is COc1cc(/C=N\NC(=O)c2ccc(-c3csc(Nc4ccc(C)cc4)n3)cc2)c(Br)cc1OCc1ccccc1. The van der Waals surface area contributed by atoms with Gasteiger partial charge in [-0.1, -0.05) is 60.2 Å². The Morgan fingerprint density at radius 3 is 2.49 bits per heavy atom. The molecule has 9 heteroatoms. The van der Waals surface area contributed by atoms with Gasteiger partial charge in [-0.25, -0.2) is 10.4 Å². The van der Waals surface area contributed by atoms with Gasteiger partial charge in [0, 0.05) is 32.2 Å². The second-order valence-corrected chi connectivity index (χ2v) is 10.8. The Labute approximate surface area is 251 Å². The fraction of sp³-hybridized carbons (Fsp3) is 0.0938. The van der Waals surface area contributed by atoms with Crippen LogP contribution in [0.2, 0.25) is 0 Å². The lowest BCUT2D eigenvalue weighted by Gasteiger charge is -2.12. The molecule has 0 aliphatic carbocycles. The van der Waals surface area contributed by atoms with E-state index >= 15 is 0 Å². The molecule has 7 nitrogen and oxygen atoms in total. The molecule has 1 heterocycles. The quantitative estimate of drug-likeness (QED) is 0.121. The van der Waals surface area contributed by atoms with Gasteiger partial charge < -0.3 is 14.8 Å². The molecule has 5 aromatic rings.